The van der Waals surface area contributed by atoms with E-state index in [1.807, 2.05) is 55.5 Å². The first kappa shape index (κ1) is 19.6. The molecule has 0 fully saturated rings. The Bertz CT molecular complexity index is 580. The van der Waals surface area contributed by atoms with Gasteiger partial charge in [-0.2, -0.15) is 0 Å². The molecule has 0 saturated heterocycles. The van der Waals surface area contributed by atoms with E-state index in [0.29, 0.717) is 6.54 Å². The molecule has 0 spiro atoms. The summed E-state index contributed by atoms with van der Waals surface area (Å²) in [5.74, 6) is 0.609. The lowest BCUT2D eigenvalue weighted by Gasteiger charge is -2.19. The summed E-state index contributed by atoms with van der Waals surface area (Å²) in [6, 6.07) is 19.6. The van der Waals surface area contributed by atoms with Crippen LogP contribution >= 0.6 is 24.2 Å². The number of carbonyl (C=O) groups is 1. The van der Waals surface area contributed by atoms with Gasteiger partial charge in [0.1, 0.15) is 0 Å². The number of thioether (sulfide) groups is 1. The van der Waals surface area contributed by atoms with Crippen LogP contribution in [-0.2, 0) is 4.79 Å². The molecule has 0 heterocycles. The predicted octanol–water partition coefficient (Wildman–Crippen LogP) is 3.65. The van der Waals surface area contributed by atoms with Crippen molar-refractivity contribution in [3.8, 4) is 0 Å². The van der Waals surface area contributed by atoms with Gasteiger partial charge in [-0.3, -0.25) is 4.79 Å². The third kappa shape index (κ3) is 6.26. The van der Waals surface area contributed by atoms with Crippen LogP contribution in [0.5, 0.6) is 0 Å². The van der Waals surface area contributed by atoms with Crippen LogP contribution < -0.4 is 11.1 Å². The highest BCUT2D eigenvalue weighted by atomic mass is 35.5. The van der Waals surface area contributed by atoms with Crippen LogP contribution in [-0.4, -0.2) is 18.2 Å². The van der Waals surface area contributed by atoms with E-state index in [0.717, 1.165) is 11.3 Å². The Hall–Kier alpha value is -1.49. The largest absolute Gasteiger partial charge is 0.355 e. The van der Waals surface area contributed by atoms with Crippen LogP contribution in [0.25, 0.3) is 0 Å². The molecule has 0 bridgehead atoms. The fourth-order valence-electron chi connectivity index (χ4n) is 2.15. The molecule has 3 nitrogen and oxygen atoms in total. The standard InChI is InChI=1S/C18H22N2OS.ClH/c1-14(17(19)15-8-4-2-5-9-15)18(21)20-12-13-22-16-10-6-3-7-11-16;/h2-11,14,17H,12-13,19H2,1H3,(H,20,21);1H. The van der Waals surface area contributed by atoms with Crippen LogP contribution in [0, 0.1) is 5.92 Å². The van der Waals surface area contributed by atoms with E-state index in [2.05, 4.69) is 17.4 Å². The minimum Gasteiger partial charge on any atom is -0.355 e. The zero-order valence-corrected chi connectivity index (χ0v) is 14.8. The Labute approximate surface area is 148 Å². The lowest BCUT2D eigenvalue weighted by Crippen LogP contribution is -2.36. The van der Waals surface area contributed by atoms with Gasteiger partial charge in [-0.25, -0.2) is 0 Å². The van der Waals surface area contributed by atoms with E-state index in [9.17, 15) is 4.79 Å². The molecule has 2 atom stereocenters. The summed E-state index contributed by atoms with van der Waals surface area (Å²) in [7, 11) is 0. The summed E-state index contributed by atoms with van der Waals surface area (Å²) in [5.41, 5.74) is 7.16. The summed E-state index contributed by atoms with van der Waals surface area (Å²) in [4.78, 5) is 13.4. The van der Waals surface area contributed by atoms with Crippen molar-refractivity contribution in [3.05, 3.63) is 66.2 Å². The Balaban J connectivity index is 0.00000264. The van der Waals surface area contributed by atoms with Gasteiger partial charge in [0.05, 0.1) is 5.92 Å². The number of nitrogens with one attached hydrogen (secondary N) is 1. The average Bonchev–Trinajstić information content (AvgIpc) is 2.59. The van der Waals surface area contributed by atoms with E-state index in [1.165, 1.54) is 4.90 Å². The van der Waals surface area contributed by atoms with Gasteiger partial charge in [0.15, 0.2) is 0 Å². The predicted molar refractivity (Wildman–Crippen MR) is 100.0 cm³/mol. The Morgan fingerprint density at radius 2 is 1.65 bits per heavy atom. The van der Waals surface area contributed by atoms with Crippen LogP contribution in [0.1, 0.15) is 18.5 Å². The molecule has 0 aliphatic heterocycles. The topological polar surface area (TPSA) is 55.1 Å². The van der Waals surface area contributed by atoms with E-state index in [-0.39, 0.29) is 30.3 Å². The number of benzene rings is 2. The summed E-state index contributed by atoms with van der Waals surface area (Å²) in [6.45, 7) is 2.52. The number of amides is 1. The maximum absolute atomic E-state index is 12.2. The maximum atomic E-state index is 12.2. The maximum Gasteiger partial charge on any atom is 0.224 e. The summed E-state index contributed by atoms with van der Waals surface area (Å²) >= 11 is 1.73. The van der Waals surface area contributed by atoms with E-state index in [4.69, 9.17) is 5.73 Å². The van der Waals surface area contributed by atoms with Gasteiger partial charge in [0, 0.05) is 23.2 Å². The van der Waals surface area contributed by atoms with E-state index < -0.39 is 0 Å². The molecule has 2 aromatic carbocycles. The molecule has 2 aromatic rings. The fraction of sp³-hybridized carbons (Fsp3) is 0.278. The van der Waals surface area contributed by atoms with Gasteiger partial charge >= 0.3 is 0 Å². The molecule has 0 radical (unpaired) electrons. The highest BCUT2D eigenvalue weighted by molar-refractivity contribution is 7.99. The van der Waals surface area contributed by atoms with Gasteiger partial charge in [0.25, 0.3) is 0 Å². The quantitative estimate of drug-likeness (QED) is 0.592. The Morgan fingerprint density at radius 3 is 2.26 bits per heavy atom. The molecule has 5 heteroatoms. The minimum atomic E-state index is -0.275. The second kappa shape index (κ2) is 10.3. The van der Waals surface area contributed by atoms with Crippen molar-refractivity contribution in [2.45, 2.75) is 17.9 Å². The third-order valence-corrected chi connectivity index (χ3v) is 4.56. The van der Waals surface area contributed by atoms with Crippen molar-refractivity contribution in [3.63, 3.8) is 0 Å². The fourth-order valence-corrected chi connectivity index (χ4v) is 2.94. The molecule has 1 amide bonds. The van der Waals surface area contributed by atoms with Crippen LogP contribution in [0.3, 0.4) is 0 Å². The molecule has 2 unspecified atom stereocenters. The zero-order chi connectivity index (χ0) is 15.8. The van der Waals surface area contributed by atoms with Crippen molar-refractivity contribution in [2.75, 3.05) is 12.3 Å². The Kier molecular flexibility index (Phi) is 8.77. The van der Waals surface area contributed by atoms with Gasteiger partial charge in [0.2, 0.25) is 5.91 Å². The minimum absolute atomic E-state index is 0. The second-order valence-corrected chi connectivity index (χ2v) is 6.35. The van der Waals surface area contributed by atoms with Crippen LogP contribution in [0.2, 0.25) is 0 Å². The second-order valence-electron chi connectivity index (χ2n) is 5.18. The van der Waals surface area contributed by atoms with Gasteiger partial charge < -0.3 is 11.1 Å². The van der Waals surface area contributed by atoms with E-state index >= 15 is 0 Å². The first-order valence-electron chi connectivity index (χ1n) is 7.44. The highest BCUT2D eigenvalue weighted by Crippen LogP contribution is 2.19. The van der Waals surface area contributed by atoms with Gasteiger partial charge in [-0.05, 0) is 17.7 Å². The van der Waals surface area contributed by atoms with Crippen molar-refractivity contribution < 1.29 is 4.79 Å². The molecule has 0 saturated carbocycles. The summed E-state index contributed by atoms with van der Waals surface area (Å²) < 4.78 is 0. The monoisotopic (exact) mass is 350 g/mol. The summed E-state index contributed by atoms with van der Waals surface area (Å²) in [6.07, 6.45) is 0. The van der Waals surface area contributed by atoms with Crippen molar-refractivity contribution >= 4 is 30.1 Å². The van der Waals surface area contributed by atoms with Crippen LogP contribution in [0.15, 0.2) is 65.6 Å². The lowest BCUT2D eigenvalue weighted by atomic mass is 9.95. The average molecular weight is 351 g/mol. The third-order valence-electron chi connectivity index (χ3n) is 3.55. The smallest absolute Gasteiger partial charge is 0.224 e. The number of halogens is 1. The molecule has 0 aromatic heterocycles. The molecule has 0 aliphatic carbocycles. The number of hydrogen-bond acceptors (Lipinski definition) is 3. The number of nitrogens with two attached hydrogens (primary N) is 1. The molecule has 2 rings (SSSR count). The Morgan fingerprint density at radius 1 is 1.09 bits per heavy atom. The SMILES string of the molecule is CC(C(=O)NCCSc1ccccc1)C(N)c1ccccc1.Cl. The molecule has 0 aliphatic rings. The van der Waals surface area contributed by atoms with Gasteiger partial charge in [-0.15, -0.1) is 24.2 Å². The lowest BCUT2D eigenvalue weighted by molar-refractivity contribution is -0.125. The molecule has 3 N–H and O–H groups in total. The molecule has 124 valence electrons. The van der Waals surface area contributed by atoms with Crippen molar-refractivity contribution in [1.82, 2.24) is 5.32 Å². The number of hydrogen-bond donors (Lipinski definition) is 2. The van der Waals surface area contributed by atoms with E-state index in [1.54, 1.807) is 11.8 Å². The van der Waals surface area contributed by atoms with Crippen molar-refractivity contribution in [2.24, 2.45) is 11.7 Å². The normalized spacial score (nSPS) is 12.8. The first-order chi connectivity index (χ1) is 10.7. The van der Waals surface area contributed by atoms with Crippen molar-refractivity contribution in [1.29, 1.82) is 0 Å². The molecular weight excluding hydrogens is 328 g/mol. The highest BCUT2D eigenvalue weighted by Gasteiger charge is 2.21. The first-order valence-corrected chi connectivity index (χ1v) is 8.43. The number of carbonyl (C=O) groups excluding carboxylic acids is 1. The molecule has 23 heavy (non-hydrogen) atoms. The molecular formula is C18H23ClN2OS. The summed E-state index contributed by atoms with van der Waals surface area (Å²) in [5, 5.41) is 2.96. The zero-order valence-electron chi connectivity index (χ0n) is 13.1. The van der Waals surface area contributed by atoms with Crippen LogP contribution in [0.4, 0.5) is 0 Å². The number of rotatable bonds is 7. The van der Waals surface area contributed by atoms with Gasteiger partial charge in [-0.1, -0.05) is 55.5 Å².